The second-order valence-electron chi connectivity index (χ2n) is 2.41. The molecule has 0 amide bonds. The van der Waals surface area contributed by atoms with E-state index < -0.39 is 12.0 Å². The molecule has 0 unspecified atom stereocenters. The normalized spacial score (nSPS) is 10.4. The van der Waals surface area contributed by atoms with Gasteiger partial charge in [0.15, 0.2) is 0 Å². The molecule has 0 aliphatic rings. The minimum atomic E-state index is -0.670. The summed E-state index contributed by atoms with van der Waals surface area (Å²) in [6.45, 7) is 0. The molecule has 1 atom stereocenters. The van der Waals surface area contributed by atoms with Crippen LogP contribution in [0.25, 0.3) is 0 Å². The maximum absolute atomic E-state index is 11.0. The average molecular weight is 220 g/mol. The van der Waals surface area contributed by atoms with Gasteiger partial charge in [-0.05, 0) is 5.56 Å². The van der Waals surface area contributed by atoms with Gasteiger partial charge in [-0.25, -0.2) is 0 Å². The van der Waals surface area contributed by atoms with Crippen molar-refractivity contribution in [1.82, 2.24) is 0 Å². The molecule has 80 valence electrons. The van der Waals surface area contributed by atoms with Gasteiger partial charge in [-0.1, -0.05) is 30.3 Å². The number of ether oxygens (including phenoxy) is 1. The standard InChI is InChI=1S/C9H11NO2.ClH.H2O/c1-12-9(11)8(10)7-5-3-2-4-6-7;;/h2-6,8H,10H2,1H3;1H;1H2/t8-;;/m1../s1. The van der Waals surface area contributed by atoms with Crippen LogP contribution in [0.3, 0.4) is 0 Å². The van der Waals surface area contributed by atoms with Crippen LogP contribution in [-0.2, 0) is 9.53 Å². The Morgan fingerprint density at radius 3 is 2.29 bits per heavy atom. The highest BCUT2D eigenvalue weighted by atomic mass is 35.5. The Bertz CT molecular complexity index is 266. The van der Waals surface area contributed by atoms with E-state index in [9.17, 15) is 4.79 Å². The SMILES string of the molecule is COC(=O)[C@H](N)c1ccccc1.Cl.O. The Balaban J connectivity index is 0. The van der Waals surface area contributed by atoms with Gasteiger partial charge in [0.05, 0.1) is 7.11 Å². The first-order valence-corrected chi connectivity index (χ1v) is 3.64. The number of carbonyl (C=O) groups is 1. The summed E-state index contributed by atoms with van der Waals surface area (Å²) in [6.07, 6.45) is 0. The summed E-state index contributed by atoms with van der Waals surface area (Å²) in [7, 11) is 1.32. The van der Waals surface area contributed by atoms with Crippen LogP contribution >= 0.6 is 12.4 Å². The number of hydrogen-bond donors (Lipinski definition) is 1. The minimum absolute atomic E-state index is 0. The highest BCUT2D eigenvalue weighted by molar-refractivity contribution is 5.85. The average Bonchev–Trinajstić information content (AvgIpc) is 2.17. The fourth-order valence-electron chi connectivity index (χ4n) is 0.923. The summed E-state index contributed by atoms with van der Waals surface area (Å²) in [5.74, 6) is -0.416. The Morgan fingerprint density at radius 2 is 1.86 bits per heavy atom. The largest absolute Gasteiger partial charge is 0.468 e. The lowest BCUT2D eigenvalue weighted by Crippen LogP contribution is -2.22. The van der Waals surface area contributed by atoms with E-state index in [1.807, 2.05) is 18.2 Å². The van der Waals surface area contributed by atoms with E-state index in [1.165, 1.54) is 7.11 Å². The molecule has 1 rings (SSSR count). The monoisotopic (exact) mass is 219 g/mol. The number of carbonyl (C=O) groups excluding carboxylic acids is 1. The minimum Gasteiger partial charge on any atom is -0.468 e. The molecule has 4 N–H and O–H groups in total. The van der Waals surface area contributed by atoms with Crippen LogP contribution in [0, 0.1) is 0 Å². The number of methoxy groups -OCH3 is 1. The third-order valence-corrected chi connectivity index (χ3v) is 1.61. The molecule has 0 aromatic heterocycles. The quantitative estimate of drug-likeness (QED) is 0.734. The molecule has 0 radical (unpaired) electrons. The summed E-state index contributed by atoms with van der Waals surface area (Å²) in [6, 6.07) is 8.45. The van der Waals surface area contributed by atoms with E-state index in [2.05, 4.69) is 4.74 Å². The zero-order chi connectivity index (χ0) is 8.97. The molecule has 1 aromatic rings. The van der Waals surface area contributed by atoms with Crippen molar-refractivity contribution in [1.29, 1.82) is 0 Å². The molecule has 0 aliphatic heterocycles. The van der Waals surface area contributed by atoms with Crippen LogP contribution in [0.4, 0.5) is 0 Å². The molecular formula is C9H14ClNO3. The van der Waals surface area contributed by atoms with Gasteiger partial charge >= 0.3 is 5.97 Å². The molecule has 0 aliphatic carbocycles. The Kier molecular flexibility index (Phi) is 8.04. The van der Waals surface area contributed by atoms with Crippen molar-refractivity contribution in [2.45, 2.75) is 6.04 Å². The molecule has 0 saturated heterocycles. The van der Waals surface area contributed by atoms with Crippen LogP contribution in [0.1, 0.15) is 11.6 Å². The van der Waals surface area contributed by atoms with Gasteiger partial charge in [-0.2, -0.15) is 0 Å². The van der Waals surface area contributed by atoms with E-state index in [1.54, 1.807) is 12.1 Å². The van der Waals surface area contributed by atoms with Gasteiger partial charge in [-0.3, -0.25) is 4.79 Å². The Morgan fingerprint density at radius 1 is 1.36 bits per heavy atom. The van der Waals surface area contributed by atoms with Crippen LogP contribution in [0.5, 0.6) is 0 Å². The third-order valence-electron chi connectivity index (χ3n) is 1.61. The van der Waals surface area contributed by atoms with E-state index in [0.29, 0.717) is 0 Å². The molecule has 0 fully saturated rings. The van der Waals surface area contributed by atoms with Gasteiger partial charge < -0.3 is 15.9 Å². The maximum Gasteiger partial charge on any atom is 0.327 e. The number of benzene rings is 1. The fourth-order valence-corrected chi connectivity index (χ4v) is 0.923. The lowest BCUT2D eigenvalue weighted by atomic mass is 10.1. The molecule has 0 bridgehead atoms. The summed E-state index contributed by atoms with van der Waals surface area (Å²) >= 11 is 0. The van der Waals surface area contributed by atoms with Gasteiger partial charge in [0.2, 0.25) is 0 Å². The molecule has 0 heterocycles. The Labute approximate surface area is 88.8 Å². The van der Waals surface area contributed by atoms with Crippen LogP contribution in [0.15, 0.2) is 30.3 Å². The number of halogens is 1. The van der Waals surface area contributed by atoms with Crippen molar-refractivity contribution >= 4 is 18.4 Å². The predicted octanol–water partition coefficient (Wildman–Crippen LogP) is 0.456. The number of hydrogen-bond acceptors (Lipinski definition) is 3. The molecule has 5 heteroatoms. The van der Waals surface area contributed by atoms with Crippen molar-refractivity contribution in [2.24, 2.45) is 5.73 Å². The van der Waals surface area contributed by atoms with Crippen LogP contribution in [-0.4, -0.2) is 18.6 Å². The van der Waals surface area contributed by atoms with Gasteiger partial charge in [0, 0.05) is 0 Å². The molecular weight excluding hydrogens is 206 g/mol. The summed E-state index contributed by atoms with van der Waals surface area (Å²) in [5, 5.41) is 0. The van der Waals surface area contributed by atoms with Crippen molar-refractivity contribution in [3.8, 4) is 0 Å². The zero-order valence-electron chi connectivity index (χ0n) is 7.77. The number of esters is 1. The fraction of sp³-hybridized carbons (Fsp3) is 0.222. The highest BCUT2D eigenvalue weighted by Crippen LogP contribution is 2.09. The lowest BCUT2D eigenvalue weighted by molar-refractivity contribution is -0.142. The highest BCUT2D eigenvalue weighted by Gasteiger charge is 2.14. The third kappa shape index (κ3) is 3.74. The second kappa shape index (κ2) is 7.32. The summed E-state index contributed by atoms with van der Waals surface area (Å²) < 4.78 is 4.50. The first kappa shape index (κ1) is 15.4. The Hall–Kier alpha value is -1.10. The van der Waals surface area contributed by atoms with E-state index in [-0.39, 0.29) is 17.9 Å². The van der Waals surface area contributed by atoms with Gasteiger partial charge in [0.1, 0.15) is 6.04 Å². The first-order valence-electron chi connectivity index (χ1n) is 3.64. The van der Waals surface area contributed by atoms with Crippen molar-refractivity contribution in [3.63, 3.8) is 0 Å². The topological polar surface area (TPSA) is 83.8 Å². The van der Waals surface area contributed by atoms with Crippen molar-refractivity contribution < 1.29 is 15.0 Å². The van der Waals surface area contributed by atoms with Gasteiger partial charge in [0.25, 0.3) is 0 Å². The van der Waals surface area contributed by atoms with Gasteiger partial charge in [-0.15, -0.1) is 12.4 Å². The molecule has 0 spiro atoms. The van der Waals surface area contributed by atoms with Crippen molar-refractivity contribution in [3.05, 3.63) is 35.9 Å². The van der Waals surface area contributed by atoms with E-state index >= 15 is 0 Å². The number of rotatable bonds is 2. The maximum atomic E-state index is 11.0. The lowest BCUT2D eigenvalue weighted by Gasteiger charge is -2.08. The molecule has 0 saturated carbocycles. The van der Waals surface area contributed by atoms with Crippen molar-refractivity contribution in [2.75, 3.05) is 7.11 Å². The zero-order valence-corrected chi connectivity index (χ0v) is 8.58. The summed E-state index contributed by atoms with van der Waals surface area (Å²) in [5.41, 5.74) is 6.34. The van der Waals surface area contributed by atoms with Crippen LogP contribution < -0.4 is 5.73 Å². The predicted molar refractivity (Wildman–Crippen MR) is 56.2 cm³/mol. The summed E-state index contributed by atoms with van der Waals surface area (Å²) in [4.78, 5) is 11.0. The number of nitrogens with two attached hydrogens (primary N) is 1. The molecule has 4 nitrogen and oxygen atoms in total. The van der Waals surface area contributed by atoms with E-state index in [0.717, 1.165) is 5.56 Å². The molecule has 1 aromatic carbocycles. The molecule has 14 heavy (non-hydrogen) atoms. The van der Waals surface area contributed by atoms with E-state index in [4.69, 9.17) is 5.73 Å². The smallest absolute Gasteiger partial charge is 0.327 e. The van der Waals surface area contributed by atoms with Crippen LogP contribution in [0.2, 0.25) is 0 Å². The first-order chi connectivity index (χ1) is 5.75. The second-order valence-corrected chi connectivity index (χ2v) is 2.41.